The molecule has 0 aromatic carbocycles. The van der Waals surface area contributed by atoms with Crippen LogP contribution >= 0.6 is 7.82 Å². The second-order valence-electron chi connectivity index (χ2n) is 2.14. The molecule has 0 aromatic heterocycles. The van der Waals surface area contributed by atoms with Crippen LogP contribution < -0.4 is 0 Å². The van der Waals surface area contributed by atoms with E-state index in [9.17, 15) is 4.57 Å². The van der Waals surface area contributed by atoms with Gasteiger partial charge in [0.05, 0.1) is 13.2 Å². The molecule has 0 saturated heterocycles. The molecule has 0 aliphatic heterocycles. The lowest BCUT2D eigenvalue weighted by molar-refractivity contribution is 0.150. The highest BCUT2D eigenvalue weighted by Gasteiger charge is 2.18. The first-order valence-corrected chi connectivity index (χ1v) is 5.23. The topological polar surface area (TPSA) is 55.8 Å². The van der Waals surface area contributed by atoms with Crippen molar-refractivity contribution in [3.63, 3.8) is 0 Å². The zero-order chi connectivity index (χ0) is 8.74. The number of phosphoric ester groups is 1. The molecule has 0 aliphatic carbocycles. The maximum absolute atomic E-state index is 10.8. The van der Waals surface area contributed by atoms with Crippen molar-refractivity contribution in [2.75, 3.05) is 13.2 Å². The van der Waals surface area contributed by atoms with Crippen LogP contribution in [0.4, 0.5) is 0 Å². The van der Waals surface area contributed by atoms with Gasteiger partial charge in [0, 0.05) is 0 Å². The maximum Gasteiger partial charge on any atom is 0.472 e. The summed E-state index contributed by atoms with van der Waals surface area (Å²) in [5.74, 6) is 0. The zero-order valence-electron chi connectivity index (χ0n) is 6.95. The fraction of sp³-hybridized carbons (Fsp3) is 1.00. The summed E-state index contributed by atoms with van der Waals surface area (Å²) in [4.78, 5) is 8.89. The summed E-state index contributed by atoms with van der Waals surface area (Å²) in [6, 6.07) is 0. The minimum absolute atomic E-state index is 0. The Morgan fingerprint density at radius 2 is 1.50 bits per heavy atom. The predicted octanol–water partition coefficient (Wildman–Crippen LogP) is 1.02. The number of phosphoric acid groups is 1. The fourth-order valence-electron chi connectivity index (χ4n) is 0.451. The van der Waals surface area contributed by atoms with Crippen LogP contribution in [-0.2, 0) is 13.6 Å². The third-order valence-electron chi connectivity index (χ3n) is 0.917. The van der Waals surface area contributed by atoms with Gasteiger partial charge in [0.25, 0.3) is 0 Å². The van der Waals surface area contributed by atoms with Crippen molar-refractivity contribution in [2.24, 2.45) is 0 Å². The summed E-state index contributed by atoms with van der Waals surface area (Å²) in [6.45, 7) is 4.24. The van der Waals surface area contributed by atoms with Gasteiger partial charge >= 0.3 is 30.9 Å². The predicted molar refractivity (Wildman–Crippen MR) is 50.9 cm³/mol. The van der Waals surface area contributed by atoms with Crippen molar-refractivity contribution in [3.8, 4) is 0 Å². The van der Waals surface area contributed by atoms with E-state index in [-0.39, 0.29) is 36.3 Å². The van der Waals surface area contributed by atoms with E-state index in [4.69, 9.17) is 4.89 Å². The Bertz CT molecular complexity index is 130. The summed E-state index contributed by atoms with van der Waals surface area (Å²) >= 11 is 0. The molecule has 0 aliphatic rings. The quantitative estimate of drug-likeness (QED) is 0.523. The third-order valence-corrected chi connectivity index (χ3v) is 1.93. The number of rotatable bonds is 6. The molecule has 0 saturated carbocycles. The molecule has 0 bridgehead atoms. The highest BCUT2D eigenvalue weighted by molar-refractivity contribution is 7.47. The molecule has 0 fully saturated rings. The molecule has 0 atom stereocenters. The summed E-state index contributed by atoms with van der Waals surface area (Å²) in [5, 5.41) is 0. The Balaban J connectivity index is 0. The maximum atomic E-state index is 10.8. The van der Waals surface area contributed by atoms with Gasteiger partial charge in [-0.1, -0.05) is 13.8 Å². The Morgan fingerprint density at radius 3 is 1.75 bits per heavy atom. The molecular formula is C6H17MgO4P. The lowest BCUT2D eigenvalue weighted by Gasteiger charge is -2.09. The van der Waals surface area contributed by atoms with Crippen LogP contribution in [0.5, 0.6) is 0 Å². The van der Waals surface area contributed by atoms with Crippen molar-refractivity contribution in [1.29, 1.82) is 0 Å². The van der Waals surface area contributed by atoms with E-state index < -0.39 is 7.82 Å². The van der Waals surface area contributed by atoms with E-state index in [1.54, 1.807) is 0 Å². The van der Waals surface area contributed by atoms with Crippen LogP contribution in [0, 0.1) is 0 Å². The molecule has 72 valence electrons. The Kier molecular flexibility index (Phi) is 10.8. The van der Waals surface area contributed by atoms with E-state index in [1.807, 2.05) is 13.8 Å². The first-order chi connectivity index (χ1) is 5.12. The monoisotopic (exact) mass is 208 g/mol. The van der Waals surface area contributed by atoms with Crippen LogP contribution in [0.25, 0.3) is 0 Å². The van der Waals surface area contributed by atoms with E-state index >= 15 is 0 Å². The average Bonchev–Trinajstić information content (AvgIpc) is 1.97. The lowest BCUT2D eigenvalue weighted by atomic mass is 10.5. The second-order valence-corrected chi connectivity index (χ2v) is 3.59. The van der Waals surface area contributed by atoms with Crippen molar-refractivity contribution in [1.82, 2.24) is 0 Å². The van der Waals surface area contributed by atoms with E-state index in [1.165, 1.54) is 0 Å². The van der Waals surface area contributed by atoms with Gasteiger partial charge in [0.15, 0.2) is 0 Å². The van der Waals surface area contributed by atoms with Gasteiger partial charge < -0.3 is 4.89 Å². The van der Waals surface area contributed by atoms with Gasteiger partial charge in [0.1, 0.15) is 0 Å². The van der Waals surface area contributed by atoms with Gasteiger partial charge in [-0.3, -0.25) is 9.05 Å². The first-order valence-electron chi connectivity index (χ1n) is 3.74. The SMILES string of the molecule is CCCOP(=O)(O)OCCC.[MgH2]. The Morgan fingerprint density at radius 1 is 1.17 bits per heavy atom. The third kappa shape index (κ3) is 8.97. The summed E-state index contributed by atoms with van der Waals surface area (Å²) in [6.07, 6.45) is 1.42. The lowest BCUT2D eigenvalue weighted by Crippen LogP contribution is -1.96. The van der Waals surface area contributed by atoms with Gasteiger partial charge in [-0.15, -0.1) is 0 Å². The summed E-state index contributed by atoms with van der Waals surface area (Å²) in [5.41, 5.74) is 0. The standard InChI is InChI=1S/C6H15O4P.Mg.2H/c1-3-5-9-11(7,8)10-6-4-2;;;/h3-6H2,1-2H3,(H,7,8);;;. The van der Waals surface area contributed by atoms with Crippen LogP contribution in [0.15, 0.2) is 0 Å². The van der Waals surface area contributed by atoms with Crippen molar-refractivity contribution in [2.45, 2.75) is 26.7 Å². The molecule has 0 aromatic rings. The molecular weight excluding hydrogens is 191 g/mol. The number of hydrogen-bond acceptors (Lipinski definition) is 3. The molecule has 0 spiro atoms. The summed E-state index contributed by atoms with van der Waals surface area (Å²) in [7, 11) is -3.73. The van der Waals surface area contributed by atoms with Crippen molar-refractivity contribution in [3.05, 3.63) is 0 Å². The van der Waals surface area contributed by atoms with Gasteiger partial charge in [-0.2, -0.15) is 0 Å². The number of hydrogen-bond donors (Lipinski definition) is 1. The van der Waals surface area contributed by atoms with Crippen LogP contribution in [0.2, 0.25) is 0 Å². The Labute approximate surface area is 89.4 Å². The zero-order valence-corrected chi connectivity index (χ0v) is 7.84. The van der Waals surface area contributed by atoms with Gasteiger partial charge in [-0.25, -0.2) is 4.57 Å². The first kappa shape index (κ1) is 15.4. The smallest absolute Gasteiger partial charge is 0.302 e. The molecule has 6 heteroatoms. The highest BCUT2D eigenvalue weighted by Crippen LogP contribution is 2.43. The van der Waals surface area contributed by atoms with E-state index in [2.05, 4.69) is 9.05 Å². The largest absolute Gasteiger partial charge is 0.472 e. The second kappa shape index (κ2) is 8.47. The van der Waals surface area contributed by atoms with Crippen LogP contribution in [-0.4, -0.2) is 41.2 Å². The van der Waals surface area contributed by atoms with E-state index in [0.29, 0.717) is 12.8 Å². The van der Waals surface area contributed by atoms with E-state index in [0.717, 1.165) is 0 Å². The Hall–Kier alpha value is 0.876. The molecule has 1 N–H and O–H groups in total. The fourth-order valence-corrected chi connectivity index (χ4v) is 1.35. The highest BCUT2D eigenvalue weighted by atomic mass is 31.2. The minimum atomic E-state index is -3.73. The van der Waals surface area contributed by atoms with Gasteiger partial charge in [0.2, 0.25) is 0 Å². The van der Waals surface area contributed by atoms with Crippen LogP contribution in [0.1, 0.15) is 26.7 Å². The molecule has 0 rings (SSSR count). The molecule has 4 nitrogen and oxygen atoms in total. The molecule has 0 heterocycles. The van der Waals surface area contributed by atoms with Crippen molar-refractivity contribution >= 4 is 30.9 Å². The molecule has 0 amide bonds. The van der Waals surface area contributed by atoms with Crippen molar-refractivity contribution < 1.29 is 18.5 Å². The van der Waals surface area contributed by atoms with Gasteiger partial charge in [-0.05, 0) is 12.8 Å². The molecule has 0 unspecified atom stereocenters. The summed E-state index contributed by atoms with van der Waals surface area (Å²) < 4.78 is 20.0. The molecule has 0 radical (unpaired) electrons. The molecule has 12 heavy (non-hydrogen) atoms. The van der Waals surface area contributed by atoms with Crippen LogP contribution in [0.3, 0.4) is 0 Å². The normalized spacial score (nSPS) is 10.9. The minimum Gasteiger partial charge on any atom is -0.302 e. The average molecular weight is 208 g/mol.